The Morgan fingerprint density at radius 3 is 2.50 bits per heavy atom. The average molecular weight is 295 g/mol. The van der Waals surface area contributed by atoms with Gasteiger partial charge in [-0.1, -0.05) is 24.3 Å². The number of nitrogens with two attached hydrogens (primary N) is 1. The summed E-state index contributed by atoms with van der Waals surface area (Å²) in [6, 6.07) is 9.29. The van der Waals surface area contributed by atoms with E-state index in [1.54, 1.807) is 18.2 Å². The second kappa shape index (κ2) is 5.54. The Balaban J connectivity index is 2.08. The van der Waals surface area contributed by atoms with Gasteiger partial charge in [0.05, 0.1) is 11.2 Å². The maximum atomic E-state index is 11.3. The summed E-state index contributed by atoms with van der Waals surface area (Å²) in [4.78, 5) is 18.5. The van der Waals surface area contributed by atoms with Gasteiger partial charge in [0.25, 0.3) is 0 Å². The van der Waals surface area contributed by atoms with Crippen LogP contribution in [0.25, 0.3) is 0 Å². The van der Waals surface area contributed by atoms with Crippen molar-refractivity contribution in [1.82, 2.24) is 0 Å². The fraction of sp³-hybridized carbons (Fsp3) is 0.286. The number of hydrogen-bond acceptors (Lipinski definition) is 3. The third-order valence-corrected chi connectivity index (χ3v) is 4.97. The van der Waals surface area contributed by atoms with Crippen LogP contribution in [0.15, 0.2) is 54.3 Å². The highest BCUT2D eigenvalue weighted by Crippen LogP contribution is 2.47. The van der Waals surface area contributed by atoms with Gasteiger partial charge in [0, 0.05) is 0 Å². The standard InChI is InChI=1S/C14H18NO4P/c1-11(20(16,17)18)14(15)9-7-13(8-10-14)19-12-5-3-2-4-6-12/h2-9,11H,10,15H2,1H3,(H2,16,17,18). The van der Waals surface area contributed by atoms with Crippen molar-refractivity contribution in [2.45, 2.75) is 24.5 Å². The predicted molar refractivity (Wildman–Crippen MR) is 77.3 cm³/mol. The first kappa shape index (κ1) is 15.0. The van der Waals surface area contributed by atoms with Gasteiger partial charge in [0.15, 0.2) is 0 Å². The lowest BCUT2D eigenvalue weighted by Crippen LogP contribution is -2.48. The smallest absolute Gasteiger partial charge is 0.330 e. The van der Waals surface area contributed by atoms with Crippen LogP contribution in [0.1, 0.15) is 13.3 Å². The second-order valence-electron chi connectivity index (χ2n) is 4.94. The molecule has 0 saturated carbocycles. The summed E-state index contributed by atoms with van der Waals surface area (Å²) in [7, 11) is -4.22. The van der Waals surface area contributed by atoms with Crippen molar-refractivity contribution in [2.75, 3.05) is 0 Å². The number of hydrogen-bond donors (Lipinski definition) is 3. The summed E-state index contributed by atoms with van der Waals surface area (Å²) in [5.74, 6) is 1.33. The van der Waals surface area contributed by atoms with Crippen LogP contribution in [-0.2, 0) is 4.57 Å². The van der Waals surface area contributed by atoms with Crippen LogP contribution in [0.2, 0.25) is 0 Å². The summed E-state index contributed by atoms with van der Waals surface area (Å²) >= 11 is 0. The Bertz CT molecular complexity index is 578. The largest absolute Gasteiger partial charge is 0.458 e. The van der Waals surface area contributed by atoms with E-state index in [0.717, 1.165) is 0 Å². The van der Waals surface area contributed by atoms with Crippen LogP contribution < -0.4 is 10.5 Å². The molecule has 0 radical (unpaired) electrons. The lowest BCUT2D eigenvalue weighted by Gasteiger charge is -2.34. The summed E-state index contributed by atoms with van der Waals surface area (Å²) in [6.45, 7) is 1.46. The topological polar surface area (TPSA) is 92.8 Å². The molecule has 2 atom stereocenters. The first-order chi connectivity index (χ1) is 9.31. The minimum absolute atomic E-state index is 0.317. The molecule has 20 heavy (non-hydrogen) atoms. The van der Waals surface area contributed by atoms with E-state index in [-0.39, 0.29) is 0 Å². The molecule has 1 aromatic rings. The minimum atomic E-state index is -4.22. The molecular weight excluding hydrogens is 277 g/mol. The summed E-state index contributed by atoms with van der Waals surface area (Å²) in [5.41, 5.74) is 4.07. The number of rotatable bonds is 4. The predicted octanol–water partition coefficient (Wildman–Crippen LogP) is 2.17. The van der Waals surface area contributed by atoms with Gasteiger partial charge in [-0.2, -0.15) is 0 Å². The molecule has 1 aliphatic carbocycles. The molecule has 0 bridgehead atoms. The Morgan fingerprint density at radius 1 is 1.35 bits per heavy atom. The SMILES string of the molecule is CC(C1(N)C=CC(Oc2ccccc2)=CC1)P(=O)(O)O. The summed E-state index contributed by atoms with van der Waals surface area (Å²) < 4.78 is 17.0. The highest BCUT2D eigenvalue weighted by atomic mass is 31.2. The van der Waals surface area contributed by atoms with Gasteiger partial charge in [-0.05, 0) is 37.6 Å². The fourth-order valence-corrected chi connectivity index (χ4v) is 2.79. The van der Waals surface area contributed by atoms with Crippen molar-refractivity contribution in [1.29, 1.82) is 0 Å². The van der Waals surface area contributed by atoms with Crippen LogP contribution in [-0.4, -0.2) is 21.0 Å². The molecule has 1 aliphatic rings. The minimum Gasteiger partial charge on any atom is -0.458 e. The van der Waals surface area contributed by atoms with Crippen LogP contribution in [0.4, 0.5) is 0 Å². The van der Waals surface area contributed by atoms with Gasteiger partial charge in [-0.25, -0.2) is 0 Å². The van der Waals surface area contributed by atoms with Crippen molar-refractivity contribution in [3.8, 4) is 5.75 Å². The molecule has 0 amide bonds. The van der Waals surface area contributed by atoms with E-state index in [9.17, 15) is 14.4 Å². The molecule has 2 rings (SSSR count). The van der Waals surface area contributed by atoms with E-state index in [2.05, 4.69) is 0 Å². The molecule has 0 fully saturated rings. The van der Waals surface area contributed by atoms with Gasteiger partial charge in [0.2, 0.25) is 0 Å². The second-order valence-corrected chi connectivity index (χ2v) is 6.89. The molecule has 4 N–H and O–H groups in total. The summed E-state index contributed by atoms with van der Waals surface area (Å²) in [5, 5.41) is 0. The van der Waals surface area contributed by atoms with Gasteiger partial charge >= 0.3 is 7.60 Å². The molecule has 0 aliphatic heterocycles. The van der Waals surface area contributed by atoms with E-state index in [1.165, 1.54) is 6.92 Å². The van der Waals surface area contributed by atoms with Crippen LogP contribution in [0, 0.1) is 0 Å². The number of allylic oxidation sites excluding steroid dienone is 1. The van der Waals surface area contributed by atoms with E-state index < -0.39 is 18.8 Å². The van der Waals surface area contributed by atoms with Crippen molar-refractivity contribution in [2.24, 2.45) is 5.73 Å². The highest BCUT2D eigenvalue weighted by molar-refractivity contribution is 7.52. The first-order valence-corrected chi connectivity index (χ1v) is 7.96. The quantitative estimate of drug-likeness (QED) is 0.740. The fourth-order valence-electron chi connectivity index (χ4n) is 1.97. The van der Waals surface area contributed by atoms with Crippen molar-refractivity contribution >= 4 is 7.60 Å². The third-order valence-electron chi connectivity index (χ3n) is 3.48. The Labute approximate surface area is 117 Å². The van der Waals surface area contributed by atoms with E-state index >= 15 is 0 Å². The molecule has 1 aromatic carbocycles. The zero-order valence-electron chi connectivity index (χ0n) is 11.1. The van der Waals surface area contributed by atoms with Crippen LogP contribution in [0.3, 0.4) is 0 Å². The molecule has 5 nitrogen and oxygen atoms in total. The number of benzene rings is 1. The Kier molecular flexibility index (Phi) is 4.16. The Hall–Kier alpha value is -1.39. The van der Waals surface area contributed by atoms with Gasteiger partial charge in [-0.3, -0.25) is 4.57 Å². The van der Waals surface area contributed by atoms with Crippen molar-refractivity contribution < 1.29 is 19.1 Å². The summed E-state index contributed by atoms with van der Waals surface area (Å²) in [6.07, 6.45) is 5.33. The molecular formula is C14H18NO4P. The third kappa shape index (κ3) is 3.38. The van der Waals surface area contributed by atoms with Crippen LogP contribution >= 0.6 is 7.60 Å². The molecule has 2 unspecified atom stereocenters. The van der Waals surface area contributed by atoms with E-state index in [0.29, 0.717) is 17.9 Å². The van der Waals surface area contributed by atoms with E-state index in [4.69, 9.17) is 10.5 Å². The molecule has 6 heteroatoms. The molecule has 0 saturated heterocycles. The van der Waals surface area contributed by atoms with Gasteiger partial charge < -0.3 is 20.3 Å². The highest BCUT2D eigenvalue weighted by Gasteiger charge is 2.41. The van der Waals surface area contributed by atoms with Gasteiger partial charge in [-0.15, -0.1) is 0 Å². The zero-order valence-corrected chi connectivity index (χ0v) is 12.0. The molecule has 0 heterocycles. The maximum Gasteiger partial charge on any atom is 0.330 e. The average Bonchev–Trinajstić information content (AvgIpc) is 2.41. The normalized spacial score (nSPS) is 24.1. The van der Waals surface area contributed by atoms with Crippen molar-refractivity contribution in [3.05, 3.63) is 54.3 Å². The Morgan fingerprint density at radius 2 is 2.00 bits per heavy atom. The zero-order chi connectivity index (χ0) is 14.8. The number of ether oxygens (including phenoxy) is 1. The van der Waals surface area contributed by atoms with Crippen molar-refractivity contribution in [3.63, 3.8) is 0 Å². The van der Waals surface area contributed by atoms with E-state index in [1.807, 2.05) is 30.3 Å². The van der Waals surface area contributed by atoms with Crippen LogP contribution in [0.5, 0.6) is 5.75 Å². The first-order valence-electron chi connectivity index (χ1n) is 6.28. The lowest BCUT2D eigenvalue weighted by molar-refractivity contribution is 0.334. The molecule has 0 aromatic heterocycles. The molecule has 0 spiro atoms. The maximum absolute atomic E-state index is 11.3. The monoisotopic (exact) mass is 295 g/mol. The number of para-hydroxylation sites is 1. The molecule has 108 valence electrons. The van der Waals surface area contributed by atoms with Gasteiger partial charge in [0.1, 0.15) is 11.5 Å². The lowest BCUT2D eigenvalue weighted by atomic mass is 9.89.